The number of anilines is 1. The van der Waals surface area contributed by atoms with Crippen LogP contribution >= 0.6 is 0 Å². The second-order valence-corrected chi connectivity index (χ2v) is 11.9. The molecular weight excluding hydrogens is 510 g/mol. The Morgan fingerprint density at radius 2 is 1.63 bits per heavy atom. The lowest BCUT2D eigenvalue weighted by molar-refractivity contribution is 0.0746. The number of aryl methyl sites for hydroxylation is 1. The molecule has 210 valence electrons. The lowest BCUT2D eigenvalue weighted by Crippen LogP contribution is -2.49. The fourth-order valence-corrected chi connectivity index (χ4v) is 5.51. The molecule has 2 aromatic heterocycles. The molecule has 1 amide bonds. The minimum Gasteiger partial charge on any atom is -0.352 e. The van der Waals surface area contributed by atoms with E-state index in [0.29, 0.717) is 31.9 Å². The summed E-state index contributed by atoms with van der Waals surface area (Å²) in [5, 5.41) is 7.64. The molecule has 3 aromatic carbocycles. The lowest BCUT2D eigenvalue weighted by Gasteiger charge is -2.35. The highest BCUT2D eigenvalue weighted by Crippen LogP contribution is 2.35. The summed E-state index contributed by atoms with van der Waals surface area (Å²) in [4.78, 5) is 27.4. The summed E-state index contributed by atoms with van der Waals surface area (Å²) in [6.07, 6.45) is 2.86. The normalized spacial score (nSPS) is 14.2. The molecule has 0 bridgehead atoms. The van der Waals surface area contributed by atoms with Crippen molar-refractivity contribution in [1.29, 1.82) is 0 Å². The van der Waals surface area contributed by atoms with E-state index < -0.39 is 0 Å². The number of hydrogen-bond donors (Lipinski definition) is 0. The number of rotatable bonds is 6. The number of carbonyl (C=O) groups is 1. The predicted molar refractivity (Wildman–Crippen MR) is 164 cm³/mol. The summed E-state index contributed by atoms with van der Waals surface area (Å²) in [5.74, 6) is 1.68. The van der Waals surface area contributed by atoms with Crippen molar-refractivity contribution >= 4 is 33.6 Å². The molecule has 7 nitrogen and oxygen atoms in total. The number of amides is 1. The molecule has 6 rings (SSSR count). The van der Waals surface area contributed by atoms with Gasteiger partial charge in [-0.05, 0) is 46.4 Å². The third-order valence-electron chi connectivity index (χ3n) is 8.00. The first kappa shape index (κ1) is 26.9. The summed E-state index contributed by atoms with van der Waals surface area (Å²) >= 11 is 0. The maximum absolute atomic E-state index is 13.4. The highest BCUT2D eigenvalue weighted by Gasteiger charge is 2.28. The summed E-state index contributed by atoms with van der Waals surface area (Å²) in [5.41, 5.74) is 4.25. The molecule has 0 N–H and O–H groups in total. The van der Waals surface area contributed by atoms with Gasteiger partial charge < -0.3 is 14.3 Å². The second-order valence-electron chi connectivity index (χ2n) is 11.9. The smallest absolute Gasteiger partial charge is 0.263 e. The average Bonchev–Trinajstić information content (AvgIpc) is 3.43. The maximum Gasteiger partial charge on any atom is 0.263 e. The Bertz CT molecular complexity index is 1690. The minimum absolute atomic E-state index is 0.0553. The van der Waals surface area contributed by atoms with Gasteiger partial charge in [0, 0.05) is 43.7 Å². The van der Waals surface area contributed by atoms with Crippen molar-refractivity contribution < 1.29 is 9.32 Å². The predicted octanol–water partition coefficient (Wildman–Crippen LogP) is 7.04. The molecule has 0 spiro atoms. The number of aromatic nitrogens is 3. The number of nitrogens with zero attached hydrogens (tertiary/aromatic N) is 5. The number of unbranched alkanes of at least 4 members (excludes halogenated alkanes) is 1. The second kappa shape index (κ2) is 11.0. The third kappa shape index (κ3) is 5.41. The van der Waals surface area contributed by atoms with Crippen LogP contribution in [0.4, 0.5) is 5.82 Å². The molecule has 5 aromatic rings. The van der Waals surface area contributed by atoms with Crippen molar-refractivity contribution in [2.45, 2.75) is 52.4 Å². The standard InChI is InChI=1S/C34H37N5O2/c1-5-6-11-28-35-31(29-30(37-41-32(29)36-28)26-13-12-23-9-7-8-10-25(23)22-26)38-18-20-39(21-19-38)33(40)24-14-16-27(17-15-24)34(2,3)4/h7-10,12-17,22H,5-6,11,18-21H2,1-4H3. The molecule has 0 aliphatic carbocycles. The number of carbonyl (C=O) groups excluding carboxylic acids is 1. The van der Waals surface area contributed by atoms with Gasteiger partial charge in [0.25, 0.3) is 11.6 Å². The first-order chi connectivity index (χ1) is 19.8. The average molecular weight is 548 g/mol. The topological polar surface area (TPSA) is 75.4 Å². The number of piperazine rings is 1. The van der Waals surface area contributed by atoms with Crippen LogP contribution in [0.15, 0.2) is 71.3 Å². The van der Waals surface area contributed by atoms with Crippen molar-refractivity contribution in [1.82, 2.24) is 20.0 Å². The summed E-state index contributed by atoms with van der Waals surface area (Å²) in [6, 6.07) is 22.7. The molecule has 0 atom stereocenters. The van der Waals surface area contributed by atoms with E-state index >= 15 is 0 Å². The van der Waals surface area contributed by atoms with Gasteiger partial charge in [0.05, 0.1) is 0 Å². The van der Waals surface area contributed by atoms with E-state index in [1.165, 1.54) is 10.9 Å². The number of fused-ring (bicyclic) bond motifs is 2. The molecule has 1 aliphatic rings. The van der Waals surface area contributed by atoms with Crippen LogP contribution in [0.3, 0.4) is 0 Å². The SMILES string of the molecule is CCCCc1nc(N2CCN(C(=O)c3ccc(C(C)(C)C)cc3)CC2)c2c(-c3ccc4ccccc4c3)noc2n1. The van der Waals surface area contributed by atoms with E-state index in [0.717, 1.165) is 58.5 Å². The van der Waals surface area contributed by atoms with E-state index in [-0.39, 0.29) is 11.3 Å². The van der Waals surface area contributed by atoms with Gasteiger partial charge in [-0.1, -0.05) is 87.8 Å². The molecule has 1 aliphatic heterocycles. The van der Waals surface area contributed by atoms with Crippen LogP contribution in [0, 0.1) is 0 Å². The van der Waals surface area contributed by atoms with Crippen molar-refractivity contribution in [3.05, 3.63) is 83.7 Å². The van der Waals surface area contributed by atoms with Crippen molar-refractivity contribution in [2.24, 2.45) is 0 Å². The van der Waals surface area contributed by atoms with Gasteiger partial charge in [-0.2, -0.15) is 4.98 Å². The molecule has 0 saturated carbocycles. The zero-order valence-electron chi connectivity index (χ0n) is 24.4. The van der Waals surface area contributed by atoms with E-state index in [9.17, 15) is 4.79 Å². The van der Waals surface area contributed by atoms with Crippen LogP contribution in [-0.4, -0.2) is 52.1 Å². The van der Waals surface area contributed by atoms with Crippen molar-refractivity contribution in [3.63, 3.8) is 0 Å². The Morgan fingerprint density at radius 3 is 2.34 bits per heavy atom. The van der Waals surface area contributed by atoms with Crippen LogP contribution in [0.2, 0.25) is 0 Å². The summed E-state index contributed by atoms with van der Waals surface area (Å²) in [6.45, 7) is 11.3. The van der Waals surface area contributed by atoms with Gasteiger partial charge in [0.15, 0.2) is 0 Å². The van der Waals surface area contributed by atoms with Crippen molar-refractivity contribution in [3.8, 4) is 11.3 Å². The molecule has 7 heteroatoms. The molecule has 1 fully saturated rings. The Kier molecular flexibility index (Phi) is 7.20. The Morgan fingerprint density at radius 1 is 0.902 bits per heavy atom. The van der Waals surface area contributed by atoms with E-state index in [4.69, 9.17) is 14.5 Å². The molecule has 0 radical (unpaired) electrons. The fraction of sp³-hybridized carbons (Fsp3) is 0.353. The van der Waals surface area contributed by atoms with Gasteiger partial charge in [-0.3, -0.25) is 4.79 Å². The Balaban J connectivity index is 1.29. The number of benzene rings is 3. The molecule has 1 saturated heterocycles. The third-order valence-corrected chi connectivity index (χ3v) is 8.00. The molecular formula is C34H37N5O2. The van der Waals surface area contributed by atoms with E-state index in [2.05, 4.69) is 80.2 Å². The first-order valence-electron chi connectivity index (χ1n) is 14.6. The largest absolute Gasteiger partial charge is 0.352 e. The highest BCUT2D eigenvalue weighted by molar-refractivity contribution is 6.00. The van der Waals surface area contributed by atoms with Crippen LogP contribution < -0.4 is 4.90 Å². The quantitative estimate of drug-likeness (QED) is 0.227. The van der Waals surface area contributed by atoms with Gasteiger partial charge in [0.1, 0.15) is 22.7 Å². The maximum atomic E-state index is 13.4. The van der Waals surface area contributed by atoms with Crippen molar-refractivity contribution in [2.75, 3.05) is 31.1 Å². The molecule has 3 heterocycles. The lowest BCUT2D eigenvalue weighted by atomic mass is 9.86. The van der Waals surface area contributed by atoms with Gasteiger partial charge in [-0.15, -0.1) is 0 Å². The first-order valence-corrected chi connectivity index (χ1v) is 14.6. The Labute approximate surface area is 241 Å². The minimum atomic E-state index is 0.0553. The zero-order chi connectivity index (χ0) is 28.6. The summed E-state index contributed by atoms with van der Waals surface area (Å²) < 4.78 is 5.83. The van der Waals surface area contributed by atoms with Gasteiger partial charge in [-0.25, -0.2) is 4.98 Å². The Hall–Kier alpha value is -4.26. The highest BCUT2D eigenvalue weighted by atomic mass is 16.5. The van der Waals surface area contributed by atoms with E-state index in [1.807, 2.05) is 29.2 Å². The number of hydrogen-bond acceptors (Lipinski definition) is 6. The fourth-order valence-electron chi connectivity index (χ4n) is 5.51. The zero-order valence-corrected chi connectivity index (χ0v) is 24.4. The molecule has 41 heavy (non-hydrogen) atoms. The van der Waals surface area contributed by atoms with Crippen LogP contribution in [0.1, 0.15) is 62.3 Å². The van der Waals surface area contributed by atoms with Gasteiger partial charge >= 0.3 is 0 Å². The summed E-state index contributed by atoms with van der Waals surface area (Å²) in [7, 11) is 0. The molecule has 0 unspecified atom stereocenters. The van der Waals surface area contributed by atoms with Crippen LogP contribution in [0.25, 0.3) is 33.1 Å². The van der Waals surface area contributed by atoms with Crippen LogP contribution in [-0.2, 0) is 11.8 Å². The van der Waals surface area contributed by atoms with E-state index in [1.54, 1.807) is 0 Å². The van der Waals surface area contributed by atoms with Crippen LogP contribution in [0.5, 0.6) is 0 Å². The monoisotopic (exact) mass is 547 g/mol. The van der Waals surface area contributed by atoms with Gasteiger partial charge in [0.2, 0.25) is 0 Å².